The fraction of sp³-hybridized carbons (Fsp3) is 0.176. The lowest BCUT2D eigenvalue weighted by Gasteiger charge is -2.10. The van der Waals surface area contributed by atoms with E-state index in [0.717, 1.165) is 24.3 Å². The highest BCUT2D eigenvalue weighted by molar-refractivity contribution is 5.97. The van der Waals surface area contributed by atoms with Gasteiger partial charge in [0.05, 0.1) is 12.7 Å². The number of anilines is 1. The molecular weight excluding hydrogens is 355 g/mol. The van der Waals surface area contributed by atoms with Gasteiger partial charge in [-0.05, 0) is 42.5 Å². The number of phenolic OH excluding ortho intramolecular Hbond substituents is 1. The Morgan fingerprint density at radius 3 is 2.35 bits per heavy atom. The smallest absolute Gasteiger partial charge is 0.416 e. The monoisotopic (exact) mass is 369 g/mol. The Balaban J connectivity index is 1.93. The van der Waals surface area contributed by atoms with E-state index in [1.807, 2.05) is 0 Å². The number of aromatic hydroxyl groups is 1. The first-order valence-electron chi connectivity index (χ1n) is 7.22. The summed E-state index contributed by atoms with van der Waals surface area (Å²) in [6, 6.07) is 7.70. The van der Waals surface area contributed by atoms with Gasteiger partial charge in [-0.3, -0.25) is 4.79 Å². The summed E-state index contributed by atoms with van der Waals surface area (Å²) in [6.45, 7) is -0.684. The van der Waals surface area contributed by atoms with Gasteiger partial charge in [-0.25, -0.2) is 4.79 Å². The minimum absolute atomic E-state index is 0.114. The summed E-state index contributed by atoms with van der Waals surface area (Å²) < 4.78 is 47.1. The molecule has 0 aromatic heterocycles. The maximum absolute atomic E-state index is 12.5. The Bertz CT molecular complexity index is 803. The number of alkyl halides is 3. The Morgan fingerprint density at radius 2 is 1.77 bits per heavy atom. The van der Waals surface area contributed by atoms with Crippen LogP contribution >= 0.6 is 0 Å². The molecule has 0 aliphatic heterocycles. The molecule has 26 heavy (non-hydrogen) atoms. The Morgan fingerprint density at radius 1 is 1.12 bits per heavy atom. The summed E-state index contributed by atoms with van der Waals surface area (Å²) in [5.41, 5.74) is -0.926. The number of ether oxygens (including phenoxy) is 2. The molecule has 6 nitrogen and oxygen atoms in total. The Kier molecular flexibility index (Phi) is 5.71. The molecule has 0 saturated heterocycles. The van der Waals surface area contributed by atoms with Gasteiger partial charge in [-0.1, -0.05) is 0 Å². The standard InChI is InChI=1S/C17H14F3NO5/c1-25-12-6-7-14(22)13(8-12)16(24)26-9-15(23)21-11-4-2-10(3-5-11)17(18,19)20/h2-8,22H,9H2,1H3,(H,21,23). The minimum atomic E-state index is -4.48. The second-order valence-electron chi connectivity index (χ2n) is 5.08. The number of esters is 1. The quantitative estimate of drug-likeness (QED) is 0.791. The van der Waals surface area contributed by atoms with Crippen LogP contribution in [-0.2, 0) is 15.7 Å². The van der Waals surface area contributed by atoms with Crippen LogP contribution < -0.4 is 10.1 Å². The van der Waals surface area contributed by atoms with Crippen LogP contribution in [0.4, 0.5) is 18.9 Å². The third-order valence-electron chi connectivity index (χ3n) is 3.25. The molecule has 2 rings (SSSR count). The van der Waals surface area contributed by atoms with Crippen LogP contribution in [0.25, 0.3) is 0 Å². The number of phenols is 1. The third-order valence-corrected chi connectivity index (χ3v) is 3.25. The summed E-state index contributed by atoms with van der Waals surface area (Å²) in [6.07, 6.45) is -4.48. The molecule has 0 aliphatic carbocycles. The number of hydrogen-bond donors (Lipinski definition) is 2. The topological polar surface area (TPSA) is 84.9 Å². The highest BCUT2D eigenvalue weighted by Crippen LogP contribution is 2.29. The lowest BCUT2D eigenvalue weighted by molar-refractivity contribution is -0.137. The average molecular weight is 369 g/mol. The Labute approximate surface area is 146 Å². The van der Waals surface area contributed by atoms with Crippen molar-refractivity contribution in [1.82, 2.24) is 0 Å². The van der Waals surface area contributed by atoms with Gasteiger partial charge in [-0.2, -0.15) is 13.2 Å². The normalized spacial score (nSPS) is 10.9. The molecule has 0 bridgehead atoms. The number of carbonyl (C=O) groups is 2. The fourth-order valence-corrected chi connectivity index (χ4v) is 1.95. The van der Waals surface area contributed by atoms with Gasteiger partial charge in [0.2, 0.25) is 0 Å². The molecule has 2 aromatic carbocycles. The predicted molar refractivity (Wildman–Crippen MR) is 85.0 cm³/mol. The highest BCUT2D eigenvalue weighted by Gasteiger charge is 2.30. The number of nitrogens with one attached hydrogen (secondary N) is 1. The first-order valence-corrected chi connectivity index (χ1v) is 7.22. The zero-order valence-electron chi connectivity index (χ0n) is 13.5. The molecule has 2 N–H and O–H groups in total. The van der Waals surface area contributed by atoms with Crippen LogP contribution in [-0.4, -0.2) is 30.7 Å². The van der Waals surface area contributed by atoms with E-state index < -0.39 is 30.2 Å². The van der Waals surface area contributed by atoms with Gasteiger partial charge < -0.3 is 19.9 Å². The average Bonchev–Trinajstić information content (AvgIpc) is 2.60. The van der Waals surface area contributed by atoms with E-state index in [-0.39, 0.29) is 17.0 Å². The van der Waals surface area contributed by atoms with Crippen molar-refractivity contribution in [1.29, 1.82) is 0 Å². The molecule has 2 aromatic rings. The van der Waals surface area contributed by atoms with Crippen molar-refractivity contribution in [3.8, 4) is 11.5 Å². The van der Waals surface area contributed by atoms with Crippen LogP contribution in [0.15, 0.2) is 42.5 Å². The van der Waals surface area contributed by atoms with Crippen molar-refractivity contribution in [3.05, 3.63) is 53.6 Å². The zero-order chi connectivity index (χ0) is 19.3. The molecule has 138 valence electrons. The molecule has 0 heterocycles. The van der Waals surface area contributed by atoms with Crippen LogP contribution in [0.3, 0.4) is 0 Å². The second kappa shape index (κ2) is 7.77. The molecule has 0 unspecified atom stereocenters. The Hall–Kier alpha value is -3.23. The number of halogens is 3. The summed E-state index contributed by atoms with van der Waals surface area (Å²) in [4.78, 5) is 23.6. The molecule has 0 fully saturated rings. The van der Waals surface area contributed by atoms with E-state index in [1.54, 1.807) is 0 Å². The second-order valence-corrected chi connectivity index (χ2v) is 5.08. The predicted octanol–water partition coefficient (Wildman–Crippen LogP) is 3.22. The van der Waals surface area contributed by atoms with Gasteiger partial charge in [0, 0.05) is 5.69 Å². The fourth-order valence-electron chi connectivity index (χ4n) is 1.95. The van der Waals surface area contributed by atoms with Gasteiger partial charge in [0.15, 0.2) is 6.61 Å². The van der Waals surface area contributed by atoms with Gasteiger partial charge >= 0.3 is 12.1 Å². The van der Waals surface area contributed by atoms with E-state index >= 15 is 0 Å². The van der Waals surface area contributed by atoms with E-state index in [1.165, 1.54) is 25.3 Å². The lowest BCUT2D eigenvalue weighted by atomic mass is 10.2. The van der Waals surface area contributed by atoms with Gasteiger partial charge in [-0.15, -0.1) is 0 Å². The molecule has 0 aliphatic rings. The van der Waals surface area contributed by atoms with E-state index in [9.17, 15) is 27.9 Å². The summed E-state index contributed by atoms with van der Waals surface area (Å²) >= 11 is 0. The van der Waals surface area contributed by atoms with Gasteiger partial charge in [0.1, 0.15) is 17.1 Å². The van der Waals surface area contributed by atoms with E-state index in [4.69, 9.17) is 9.47 Å². The maximum atomic E-state index is 12.5. The first-order chi connectivity index (χ1) is 12.2. The van der Waals surface area contributed by atoms with Crippen molar-refractivity contribution in [2.75, 3.05) is 19.0 Å². The van der Waals surface area contributed by atoms with Crippen LogP contribution in [0.2, 0.25) is 0 Å². The SMILES string of the molecule is COc1ccc(O)c(C(=O)OCC(=O)Nc2ccc(C(F)(F)F)cc2)c1. The van der Waals surface area contributed by atoms with Crippen LogP contribution in [0, 0.1) is 0 Å². The van der Waals surface area contributed by atoms with Gasteiger partial charge in [0.25, 0.3) is 5.91 Å². The maximum Gasteiger partial charge on any atom is 0.416 e. The van der Waals surface area contributed by atoms with E-state index in [2.05, 4.69) is 5.32 Å². The molecule has 9 heteroatoms. The van der Waals surface area contributed by atoms with Crippen LogP contribution in [0.5, 0.6) is 11.5 Å². The number of carbonyl (C=O) groups excluding carboxylic acids is 2. The van der Waals surface area contributed by atoms with Crippen molar-refractivity contribution in [2.24, 2.45) is 0 Å². The lowest BCUT2D eigenvalue weighted by Crippen LogP contribution is -2.21. The van der Waals surface area contributed by atoms with Crippen molar-refractivity contribution >= 4 is 17.6 Å². The van der Waals surface area contributed by atoms with Crippen LogP contribution in [0.1, 0.15) is 15.9 Å². The number of rotatable bonds is 5. The van der Waals surface area contributed by atoms with Crippen molar-refractivity contribution < 1.29 is 37.3 Å². The van der Waals surface area contributed by atoms with Crippen molar-refractivity contribution in [2.45, 2.75) is 6.18 Å². The highest BCUT2D eigenvalue weighted by atomic mass is 19.4. The number of amides is 1. The minimum Gasteiger partial charge on any atom is -0.507 e. The molecule has 0 saturated carbocycles. The van der Waals surface area contributed by atoms with Crippen molar-refractivity contribution in [3.63, 3.8) is 0 Å². The molecule has 0 spiro atoms. The first kappa shape index (κ1) is 19.1. The molecule has 1 amide bonds. The third kappa shape index (κ3) is 4.88. The number of methoxy groups -OCH3 is 1. The molecule has 0 radical (unpaired) electrons. The summed E-state index contributed by atoms with van der Waals surface area (Å²) in [5.74, 6) is -1.74. The number of benzene rings is 2. The molecule has 0 atom stereocenters. The summed E-state index contributed by atoms with van der Waals surface area (Å²) in [5, 5.41) is 11.9. The summed E-state index contributed by atoms with van der Waals surface area (Å²) in [7, 11) is 1.37. The zero-order valence-corrected chi connectivity index (χ0v) is 13.5. The number of hydrogen-bond acceptors (Lipinski definition) is 5. The largest absolute Gasteiger partial charge is 0.507 e. The van der Waals surface area contributed by atoms with E-state index in [0.29, 0.717) is 5.75 Å². The molecular formula is C17H14F3NO5.